The Morgan fingerprint density at radius 1 is 1.12 bits per heavy atom. The first-order chi connectivity index (χ1) is 15.3. The fourth-order valence-electron chi connectivity index (χ4n) is 4.30. The van der Waals surface area contributed by atoms with Gasteiger partial charge in [-0.05, 0) is 24.1 Å². The maximum Gasteiger partial charge on any atom is 0.407 e. The van der Waals surface area contributed by atoms with Crippen LogP contribution >= 0.6 is 0 Å². The van der Waals surface area contributed by atoms with Crippen LogP contribution in [0.2, 0.25) is 19.6 Å². The number of morpholine rings is 1. The van der Waals surface area contributed by atoms with Gasteiger partial charge in [0, 0.05) is 51.0 Å². The first kappa shape index (κ1) is 24.8. The average molecular weight is 475 g/mol. The second-order valence-corrected chi connectivity index (χ2v) is 15.0. The molecule has 1 atom stereocenters. The molecule has 1 saturated heterocycles. The molecule has 2 N–H and O–H groups in total. The summed E-state index contributed by atoms with van der Waals surface area (Å²) in [5, 5.41) is 11.6. The van der Waals surface area contributed by atoms with Crippen LogP contribution in [-0.4, -0.2) is 105 Å². The maximum absolute atomic E-state index is 13.1. The topological polar surface area (TPSA) is 106 Å². The Morgan fingerprint density at radius 2 is 1.76 bits per heavy atom. The number of carboxylic acid groups (broad SMARTS) is 1. The van der Waals surface area contributed by atoms with Gasteiger partial charge in [0.2, 0.25) is 0 Å². The van der Waals surface area contributed by atoms with Gasteiger partial charge in [0.05, 0.1) is 38.4 Å². The number of H-pyrrole nitrogens is 1. The summed E-state index contributed by atoms with van der Waals surface area (Å²) in [6.45, 7) is 7.61. The number of carbonyl (C=O) groups excluding carboxylic acids is 2. The predicted octanol–water partition coefficient (Wildman–Crippen LogP) is 2.04. The molecule has 2 heterocycles. The highest BCUT2D eigenvalue weighted by molar-refractivity contribution is 6.88. The molecule has 1 aromatic carbocycles. The van der Waals surface area contributed by atoms with Gasteiger partial charge in [-0.25, -0.2) is 4.79 Å². The molecular weight excluding hydrogens is 440 g/mol. The normalized spacial score (nSPS) is 16.7. The van der Waals surface area contributed by atoms with Gasteiger partial charge in [-0.1, -0.05) is 19.6 Å². The van der Waals surface area contributed by atoms with Crippen molar-refractivity contribution in [1.29, 1.82) is 0 Å². The standard InChI is InChI=1S/C23H34N4O5Si/c1-25(2)21(28)14-10-16-17(12-15-13-32-9-8-27(15)23(30)31)20(33(5,6)7)24-19(16)18(11-14)22(29)26(3)4/h10-11,15,24H,8-9,12-13H2,1-7H3,(H,30,31)/t15-/m0/s1. The van der Waals surface area contributed by atoms with Gasteiger partial charge in [-0.2, -0.15) is 0 Å². The van der Waals surface area contributed by atoms with Crippen molar-refractivity contribution in [2.24, 2.45) is 0 Å². The van der Waals surface area contributed by atoms with Crippen molar-refractivity contribution in [3.05, 3.63) is 28.8 Å². The molecule has 2 aromatic rings. The second kappa shape index (κ2) is 9.18. The number of hydrogen-bond acceptors (Lipinski definition) is 4. The highest BCUT2D eigenvalue weighted by atomic mass is 28.3. The van der Waals surface area contributed by atoms with Crippen LogP contribution < -0.4 is 5.32 Å². The minimum Gasteiger partial charge on any atom is -0.465 e. The van der Waals surface area contributed by atoms with Crippen LogP contribution in [-0.2, 0) is 11.2 Å². The molecule has 0 saturated carbocycles. The average Bonchev–Trinajstić information content (AvgIpc) is 3.10. The van der Waals surface area contributed by atoms with E-state index in [0.29, 0.717) is 42.8 Å². The molecule has 10 heteroatoms. The van der Waals surface area contributed by atoms with Crippen molar-refractivity contribution in [3.8, 4) is 0 Å². The lowest BCUT2D eigenvalue weighted by molar-refractivity contribution is 0.000442. The number of amides is 3. The van der Waals surface area contributed by atoms with Crippen LogP contribution in [0.5, 0.6) is 0 Å². The molecule has 0 aliphatic carbocycles. The van der Waals surface area contributed by atoms with Crippen LogP contribution in [0.25, 0.3) is 10.9 Å². The Balaban J connectivity index is 2.29. The van der Waals surface area contributed by atoms with Gasteiger partial charge in [0.15, 0.2) is 0 Å². The van der Waals surface area contributed by atoms with Gasteiger partial charge in [0.25, 0.3) is 11.8 Å². The summed E-state index contributed by atoms with van der Waals surface area (Å²) >= 11 is 0. The molecule has 3 rings (SSSR count). The second-order valence-electron chi connectivity index (χ2n) is 9.98. The summed E-state index contributed by atoms with van der Waals surface area (Å²) in [4.78, 5) is 45.7. The number of ether oxygens (including phenoxy) is 1. The third-order valence-corrected chi connectivity index (χ3v) is 7.89. The fraction of sp³-hybridized carbons (Fsp3) is 0.522. The fourth-order valence-corrected chi connectivity index (χ4v) is 5.95. The molecule has 3 amide bonds. The minimum atomic E-state index is -1.93. The van der Waals surface area contributed by atoms with E-state index in [2.05, 4.69) is 24.6 Å². The van der Waals surface area contributed by atoms with Crippen molar-refractivity contribution in [2.75, 3.05) is 47.9 Å². The van der Waals surface area contributed by atoms with Crippen molar-refractivity contribution < 1.29 is 24.2 Å². The number of rotatable bonds is 5. The van der Waals surface area contributed by atoms with E-state index in [1.54, 1.807) is 34.3 Å². The Labute approximate surface area is 195 Å². The molecule has 180 valence electrons. The number of benzene rings is 1. The van der Waals surface area contributed by atoms with E-state index in [-0.39, 0.29) is 17.9 Å². The molecule has 0 radical (unpaired) electrons. The zero-order chi connectivity index (χ0) is 24.7. The van der Waals surface area contributed by atoms with E-state index >= 15 is 0 Å². The zero-order valence-corrected chi connectivity index (χ0v) is 21.5. The first-order valence-electron chi connectivity index (χ1n) is 11.0. The largest absolute Gasteiger partial charge is 0.465 e. The smallest absolute Gasteiger partial charge is 0.407 e. The van der Waals surface area contributed by atoms with Gasteiger partial charge in [0.1, 0.15) is 0 Å². The maximum atomic E-state index is 13.1. The number of fused-ring (bicyclic) bond motifs is 1. The van der Waals surface area contributed by atoms with Crippen LogP contribution in [0.15, 0.2) is 12.1 Å². The Hall–Kier alpha value is -2.85. The molecule has 1 aromatic heterocycles. The number of aromatic amines is 1. The molecule has 0 unspecified atom stereocenters. The first-order valence-corrected chi connectivity index (χ1v) is 14.5. The van der Waals surface area contributed by atoms with E-state index in [1.165, 1.54) is 14.7 Å². The molecule has 33 heavy (non-hydrogen) atoms. The Morgan fingerprint density at radius 3 is 2.30 bits per heavy atom. The molecule has 0 bridgehead atoms. The monoisotopic (exact) mass is 474 g/mol. The number of nitrogens with zero attached hydrogens (tertiary/aromatic N) is 3. The van der Waals surface area contributed by atoms with Crippen LogP contribution in [0.4, 0.5) is 4.79 Å². The summed E-state index contributed by atoms with van der Waals surface area (Å²) in [7, 11) is 4.79. The number of nitrogens with one attached hydrogen (secondary N) is 1. The van der Waals surface area contributed by atoms with Crippen molar-refractivity contribution >= 4 is 42.2 Å². The lowest BCUT2D eigenvalue weighted by Crippen LogP contribution is -2.50. The van der Waals surface area contributed by atoms with Gasteiger partial charge in [-0.3, -0.25) is 9.59 Å². The minimum absolute atomic E-state index is 0.195. The van der Waals surface area contributed by atoms with Crippen molar-refractivity contribution in [1.82, 2.24) is 19.7 Å². The predicted molar refractivity (Wildman–Crippen MR) is 130 cm³/mol. The number of carbonyl (C=O) groups is 3. The molecule has 0 spiro atoms. The van der Waals surface area contributed by atoms with E-state index in [1.807, 2.05) is 6.07 Å². The van der Waals surface area contributed by atoms with Gasteiger partial charge < -0.3 is 29.5 Å². The van der Waals surface area contributed by atoms with Gasteiger partial charge in [-0.15, -0.1) is 0 Å². The van der Waals surface area contributed by atoms with Crippen LogP contribution in [0.1, 0.15) is 26.3 Å². The Kier molecular flexibility index (Phi) is 6.90. The number of hydrogen-bond donors (Lipinski definition) is 2. The van der Waals surface area contributed by atoms with Crippen molar-refractivity contribution in [3.63, 3.8) is 0 Å². The Bertz CT molecular complexity index is 1090. The lowest BCUT2D eigenvalue weighted by atomic mass is 9.98. The summed E-state index contributed by atoms with van der Waals surface area (Å²) in [5.41, 5.74) is 2.51. The summed E-state index contributed by atoms with van der Waals surface area (Å²) < 4.78 is 5.61. The SMILES string of the molecule is CN(C)C(=O)c1cc(C(=O)N(C)C)c2[nH]c([Si](C)(C)C)c(C[C@H]3COCCN3C(=O)O)c2c1. The number of aromatic nitrogens is 1. The summed E-state index contributed by atoms with van der Waals surface area (Å²) in [5.74, 6) is -0.393. The van der Waals surface area contributed by atoms with E-state index < -0.39 is 14.2 Å². The molecule has 1 aliphatic rings. The third kappa shape index (κ3) is 4.91. The van der Waals surface area contributed by atoms with Crippen molar-refractivity contribution in [2.45, 2.75) is 32.1 Å². The summed E-state index contributed by atoms with van der Waals surface area (Å²) in [6, 6.07) is 3.13. The third-order valence-electron chi connectivity index (χ3n) is 5.97. The van der Waals surface area contributed by atoms with E-state index in [4.69, 9.17) is 4.74 Å². The van der Waals surface area contributed by atoms with E-state index in [0.717, 1.165) is 16.3 Å². The quantitative estimate of drug-likeness (QED) is 0.645. The molecular formula is C23H34N4O5Si. The van der Waals surface area contributed by atoms with Gasteiger partial charge >= 0.3 is 6.09 Å². The summed E-state index contributed by atoms with van der Waals surface area (Å²) in [6.07, 6.45) is -0.522. The van der Waals surface area contributed by atoms with Crippen LogP contribution in [0, 0.1) is 0 Å². The highest BCUT2D eigenvalue weighted by Crippen LogP contribution is 2.28. The zero-order valence-electron chi connectivity index (χ0n) is 20.5. The molecule has 1 aliphatic heterocycles. The molecule has 1 fully saturated rings. The lowest BCUT2D eigenvalue weighted by Gasteiger charge is -2.34. The molecule has 9 nitrogen and oxygen atoms in total. The van der Waals surface area contributed by atoms with E-state index in [9.17, 15) is 19.5 Å². The highest BCUT2D eigenvalue weighted by Gasteiger charge is 2.33. The van der Waals surface area contributed by atoms with Crippen LogP contribution in [0.3, 0.4) is 0 Å².